The van der Waals surface area contributed by atoms with Crippen LogP contribution in [0.15, 0.2) is 84.9 Å². The SMILES string of the molecule is CCC(NC(=O)c1cc(-c2ccccc2)nc2cccc(C)c12)c1ccccc1. The number of nitrogens with zero attached hydrogens (tertiary/aromatic N) is 1. The summed E-state index contributed by atoms with van der Waals surface area (Å²) in [6.07, 6.45) is 0.823. The molecule has 3 nitrogen and oxygen atoms in total. The van der Waals surface area contributed by atoms with Gasteiger partial charge in [-0.05, 0) is 36.6 Å². The average molecular weight is 380 g/mol. The lowest BCUT2D eigenvalue weighted by atomic mass is 9.99. The van der Waals surface area contributed by atoms with Crippen molar-refractivity contribution in [2.45, 2.75) is 26.3 Å². The highest BCUT2D eigenvalue weighted by molar-refractivity contribution is 6.08. The van der Waals surface area contributed by atoms with E-state index in [1.165, 1.54) is 0 Å². The zero-order valence-electron chi connectivity index (χ0n) is 16.7. The second kappa shape index (κ2) is 8.27. The highest BCUT2D eigenvalue weighted by Gasteiger charge is 2.19. The monoisotopic (exact) mass is 380 g/mol. The number of benzene rings is 3. The van der Waals surface area contributed by atoms with Crippen LogP contribution in [0.1, 0.15) is 40.9 Å². The number of nitrogens with one attached hydrogen (secondary N) is 1. The lowest BCUT2D eigenvalue weighted by Gasteiger charge is -2.19. The molecule has 3 aromatic carbocycles. The molecular weight excluding hydrogens is 356 g/mol. The Morgan fingerprint density at radius 1 is 0.931 bits per heavy atom. The molecule has 3 heteroatoms. The molecule has 0 fully saturated rings. The Labute approximate surface area is 171 Å². The van der Waals surface area contributed by atoms with Crippen molar-refractivity contribution in [3.63, 3.8) is 0 Å². The highest BCUT2D eigenvalue weighted by atomic mass is 16.1. The lowest BCUT2D eigenvalue weighted by molar-refractivity contribution is 0.0937. The number of carbonyl (C=O) groups is 1. The van der Waals surface area contributed by atoms with Crippen LogP contribution in [0.5, 0.6) is 0 Å². The summed E-state index contributed by atoms with van der Waals surface area (Å²) >= 11 is 0. The van der Waals surface area contributed by atoms with Crippen LogP contribution in [-0.4, -0.2) is 10.9 Å². The first-order valence-corrected chi connectivity index (χ1v) is 9.99. The van der Waals surface area contributed by atoms with Gasteiger partial charge in [-0.1, -0.05) is 79.7 Å². The Hall–Kier alpha value is -3.46. The van der Waals surface area contributed by atoms with Crippen molar-refractivity contribution in [3.8, 4) is 11.3 Å². The standard InChI is InChI=1S/C26H24N2O/c1-3-22(19-12-6-4-7-13-19)28-26(29)21-17-24(20-14-8-5-9-15-20)27-23-16-10-11-18(2)25(21)23/h4-17,22H,3H2,1-2H3,(H,28,29). The maximum absolute atomic E-state index is 13.4. The van der Waals surface area contributed by atoms with E-state index in [2.05, 4.69) is 24.4 Å². The highest BCUT2D eigenvalue weighted by Crippen LogP contribution is 2.28. The molecular formula is C26H24N2O. The number of hydrogen-bond donors (Lipinski definition) is 1. The predicted octanol–water partition coefficient (Wildman–Crippen LogP) is 6.09. The third kappa shape index (κ3) is 3.90. The van der Waals surface area contributed by atoms with Crippen LogP contribution in [0.2, 0.25) is 0 Å². The second-order valence-corrected chi connectivity index (χ2v) is 7.24. The fourth-order valence-corrected chi connectivity index (χ4v) is 3.75. The van der Waals surface area contributed by atoms with E-state index in [9.17, 15) is 4.79 Å². The third-order valence-electron chi connectivity index (χ3n) is 5.27. The first-order valence-electron chi connectivity index (χ1n) is 9.99. The Balaban J connectivity index is 1.80. The normalized spacial score (nSPS) is 11.9. The van der Waals surface area contributed by atoms with Crippen LogP contribution in [0.4, 0.5) is 0 Å². The molecule has 1 amide bonds. The number of amides is 1. The topological polar surface area (TPSA) is 42.0 Å². The Morgan fingerprint density at radius 2 is 1.62 bits per heavy atom. The summed E-state index contributed by atoms with van der Waals surface area (Å²) in [5.74, 6) is -0.0698. The third-order valence-corrected chi connectivity index (χ3v) is 5.27. The van der Waals surface area contributed by atoms with Crippen LogP contribution in [0.25, 0.3) is 22.2 Å². The smallest absolute Gasteiger partial charge is 0.252 e. The first-order chi connectivity index (χ1) is 14.2. The van der Waals surface area contributed by atoms with Gasteiger partial charge in [0.15, 0.2) is 0 Å². The number of aromatic nitrogens is 1. The minimum absolute atomic E-state index is 0.0314. The zero-order chi connectivity index (χ0) is 20.2. The van der Waals surface area contributed by atoms with Crippen LogP contribution in [-0.2, 0) is 0 Å². The first kappa shape index (κ1) is 18.9. The van der Waals surface area contributed by atoms with Gasteiger partial charge >= 0.3 is 0 Å². The number of aryl methyl sites for hydroxylation is 1. The van der Waals surface area contributed by atoms with E-state index in [0.29, 0.717) is 5.56 Å². The van der Waals surface area contributed by atoms with Crippen molar-refractivity contribution in [3.05, 3.63) is 102 Å². The van der Waals surface area contributed by atoms with E-state index in [-0.39, 0.29) is 11.9 Å². The number of rotatable bonds is 5. The van der Waals surface area contributed by atoms with Crippen LogP contribution >= 0.6 is 0 Å². The molecule has 1 aromatic heterocycles. The van der Waals surface area contributed by atoms with Crippen molar-refractivity contribution >= 4 is 16.8 Å². The molecule has 1 N–H and O–H groups in total. The van der Waals surface area contributed by atoms with Gasteiger partial charge < -0.3 is 5.32 Å². The molecule has 0 saturated carbocycles. The summed E-state index contributed by atoms with van der Waals surface area (Å²) in [6.45, 7) is 4.11. The Kier molecular flexibility index (Phi) is 5.39. The van der Waals surface area contributed by atoms with E-state index < -0.39 is 0 Å². The second-order valence-electron chi connectivity index (χ2n) is 7.24. The summed E-state index contributed by atoms with van der Waals surface area (Å²) in [7, 11) is 0. The van der Waals surface area contributed by atoms with Gasteiger partial charge in [0.1, 0.15) is 0 Å². The Bertz CT molecular complexity index is 1140. The summed E-state index contributed by atoms with van der Waals surface area (Å²) in [5.41, 5.74) is 5.47. The van der Waals surface area contributed by atoms with Gasteiger partial charge in [0.2, 0.25) is 0 Å². The molecule has 0 spiro atoms. The van der Waals surface area contributed by atoms with Crippen LogP contribution < -0.4 is 5.32 Å². The number of hydrogen-bond acceptors (Lipinski definition) is 2. The number of carbonyl (C=O) groups excluding carboxylic acids is 1. The maximum Gasteiger partial charge on any atom is 0.252 e. The minimum Gasteiger partial charge on any atom is -0.345 e. The summed E-state index contributed by atoms with van der Waals surface area (Å²) < 4.78 is 0. The predicted molar refractivity (Wildman–Crippen MR) is 119 cm³/mol. The quantitative estimate of drug-likeness (QED) is 0.455. The molecule has 1 unspecified atom stereocenters. The lowest BCUT2D eigenvalue weighted by Crippen LogP contribution is -2.28. The molecule has 1 atom stereocenters. The van der Waals surface area contributed by atoms with Crippen LogP contribution in [0, 0.1) is 6.92 Å². The molecule has 0 radical (unpaired) electrons. The maximum atomic E-state index is 13.4. The molecule has 4 rings (SSSR count). The summed E-state index contributed by atoms with van der Waals surface area (Å²) in [6, 6.07) is 28.0. The van der Waals surface area contributed by atoms with Gasteiger partial charge in [-0.3, -0.25) is 4.79 Å². The molecule has 0 saturated heterocycles. The molecule has 0 bridgehead atoms. The molecule has 1 heterocycles. The van der Waals surface area contributed by atoms with Gasteiger partial charge in [0, 0.05) is 10.9 Å². The summed E-state index contributed by atoms with van der Waals surface area (Å²) in [4.78, 5) is 18.2. The fraction of sp³-hybridized carbons (Fsp3) is 0.154. The largest absolute Gasteiger partial charge is 0.345 e. The van der Waals surface area contributed by atoms with Crippen molar-refractivity contribution in [1.82, 2.24) is 10.3 Å². The van der Waals surface area contributed by atoms with Gasteiger partial charge in [-0.15, -0.1) is 0 Å². The Morgan fingerprint density at radius 3 is 2.31 bits per heavy atom. The molecule has 29 heavy (non-hydrogen) atoms. The van der Waals surface area contributed by atoms with E-state index in [1.807, 2.05) is 79.7 Å². The average Bonchev–Trinajstić information content (AvgIpc) is 2.78. The van der Waals surface area contributed by atoms with Crippen molar-refractivity contribution < 1.29 is 4.79 Å². The van der Waals surface area contributed by atoms with E-state index >= 15 is 0 Å². The zero-order valence-corrected chi connectivity index (χ0v) is 16.7. The number of pyridine rings is 1. The minimum atomic E-state index is -0.0698. The molecule has 144 valence electrons. The van der Waals surface area contributed by atoms with Crippen LogP contribution in [0.3, 0.4) is 0 Å². The summed E-state index contributed by atoms with van der Waals surface area (Å²) in [5, 5.41) is 4.14. The van der Waals surface area contributed by atoms with Gasteiger partial charge in [0.05, 0.1) is 22.8 Å². The van der Waals surface area contributed by atoms with E-state index in [1.54, 1.807) is 0 Å². The molecule has 0 aliphatic heterocycles. The van der Waals surface area contributed by atoms with E-state index in [4.69, 9.17) is 4.98 Å². The van der Waals surface area contributed by atoms with Crippen molar-refractivity contribution in [2.75, 3.05) is 0 Å². The van der Waals surface area contributed by atoms with Gasteiger partial charge in [-0.2, -0.15) is 0 Å². The van der Waals surface area contributed by atoms with Crippen molar-refractivity contribution in [2.24, 2.45) is 0 Å². The number of fused-ring (bicyclic) bond motifs is 1. The fourth-order valence-electron chi connectivity index (χ4n) is 3.75. The van der Waals surface area contributed by atoms with E-state index in [0.717, 1.165) is 39.7 Å². The molecule has 4 aromatic rings. The van der Waals surface area contributed by atoms with Gasteiger partial charge in [-0.25, -0.2) is 4.98 Å². The molecule has 0 aliphatic rings. The van der Waals surface area contributed by atoms with Crippen molar-refractivity contribution in [1.29, 1.82) is 0 Å². The molecule has 0 aliphatic carbocycles. The van der Waals surface area contributed by atoms with Gasteiger partial charge in [0.25, 0.3) is 5.91 Å².